The maximum Gasteiger partial charge on any atom is 0.233 e. The van der Waals surface area contributed by atoms with Gasteiger partial charge in [0, 0.05) is 18.0 Å². The Morgan fingerprint density at radius 3 is 2.94 bits per heavy atom. The first-order valence-electron chi connectivity index (χ1n) is 5.68. The van der Waals surface area contributed by atoms with Gasteiger partial charge in [0.2, 0.25) is 5.91 Å². The van der Waals surface area contributed by atoms with Crippen molar-refractivity contribution in [3.05, 3.63) is 22.4 Å². The van der Waals surface area contributed by atoms with Crippen LogP contribution in [0, 0.1) is 5.92 Å². The first-order chi connectivity index (χ1) is 7.68. The lowest BCUT2D eigenvalue weighted by molar-refractivity contribution is -0.120. The molecule has 16 heavy (non-hydrogen) atoms. The standard InChI is InChI=1S/C12H20N2OS/c1-10(2)8-14-12(15)9-13-6-5-11-4-3-7-16-11/h3-4,7,10,13H,5-6,8-9H2,1-2H3,(H,14,15). The quantitative estimate of drug-likeness (QED) is 0.712. The van der Waals surface area contributed by atoms with Gasteiger partial charge in [0.25, 0.3) is 0 Å². The lowest BCUT2D eigenvalue weighted by Crippen LogP contribution is -2.36. The molecule has 0 aliphatic rings. The molecule has 4 heteroatoms. The lowest BCUT2D eigenvalue weighted by atomic mass is 10.2. The Balaban J connectivity index is 2.00. The summed E-state index contributed by atoms with van der Waals surface area (Å²) in [6, 6.07) is 4.17. The number of hydrogen-bond acceptors (Lipinski definition) is 3. The minimum Gasteiger partial charge on any atom is -0.355 e. The number of carbonyl (C=O) groups is 1. The third kappa shape index (κ3) is 5.88. The smallest absolute Gasteiger partial charge is 0.233 e. The summed E-state index contributed by atoms with van der Waals surface area (Å²) in [6.07, 6.45) is 0.995. The lowest BCUT2D eigenvalue weighted by Gasteiger charge is -2.08. The summed E-state index contributed by atoms with van der Waals surface area (Å²) in [5, 5.41) is 8.09. The molecule has 1 rings (SSSR count). The number of hydrogen-bond donors (Lipinski definition) is 2. The van der Waals surface area contributed by atoms with Crippen molar-refractivity contribution in [2.24, 2.45) is 5.92 Å². The predicted molar refractivity (Wildman–Crippen MR) is 68.7 cm³/mol. The van der Waals surface area contributed by atoms with E-state index in [0.717, 1.165) is 19.5 Å². The highest BCUT2D eigenvalue weighted by Crippen LogP contribution is 2.07. The second kappa shape index (κ2) is 7.41. The molecule has 0 saturated carbocycles. The van der Waals surface area contributed by atoms with Crippen molar-refractivity contribution in [1.82, 2.24) is 10.6 Å². The number of carbonyl (C=O) groups excluding carboxylic acids is 1. The van der Waals surface area contributed by atoms with E-state index in [9.17, 15) is 4.79 Å². The second-order valence-corrected chi connectivity index (χ2v) is 5.24. The van der Waals surface area contributed by atoms with Gasteiger partial charge in [-0.15, -0.1) is 11.3 Å². The van der Waals surface area contributed by atoms with Crippen molar-refractivity contribution < 1.29 is 4.79 Å². The zero-order chi connectivity index (χ0) is 11.8. The van der Waals surface area contributed by atoms with Crippen LogP contribution >= 0.6 is 11.3 Å². The first kappa shape index (κ1) is 13.2. The second-order valence-electron chi connectivity index (χ2n) is 4.20. The van der Waals surface area contributed by atoms with E-state index in [1.54, 1.807) is 11.3 Å². The molecule has 1 amide bonds. The number of nitrogens with one attached hydrogen (secondary N) is 2. The normalized spacial score (nSPS) is 10.7. The van der Waals surface area contributed by atoms with E-state index < -0.39 is 0 Å². The maximum absolute atomic E-state index is 11.3. The molecule has 0 saturated heterocycles. The molecular weight excluding hydrogens is 220 g/mol. The van der Waals surface area contributed by atoms with Crippen molar-refractivity contribution in [3.63, 3.8) is 0 Å². The summed E-state index contributed by atoms with van der Waals surface area (Å²) in [5.41, 5.74) is 0. The monoisotopic (exact) mass is 240 g/mol. The van der Waals surface area contributed by atoms with Crippen LogP contribution in [-0.4, -0.2) is 25.5 Å². The van der Waals surface area contributed by atoms with Gasteiger partial charge in [-0.1, -0.05) is 19.9 Å². The molecule has 0 aromatic carbocycles. The van der Waals surface area contributed by atoms with Gasteiger partial charge in [0.05, 0.1) is 6.54 Å². The molecule has 0 radical (unpaired) electrons. The fourth-order valence-electron chi connectivity index (χ4n) is 1.25. The van der Waals surface area contributed by atoms with Crippen LogP contribution in [-0.2, 0) is 11.2 Å². The van der Waals surface area contributed by atoms with Crippen molar-refractivity contribution in [3.8, 4) is 0 Å². The molecular formula is C12H20N2OS. The van der Waals surface area contributed by atoms with Gasteiger partial charge < -0.3 is 10.6 Å². The summed E-state index contributed by atoms with van der Waals surface area (Å²) >= 11 is 1.76. The van der Waals surface area contributed by atoms with E-state index >= 15 is 0 Å². The molecule has 0 unspecified atom stereocenters. The minimum atomic E-state index is 0.0832. The van der Waals surface area contributed by atoms with Crippen LogP contribution in [0.2, 0.25) is 0 Å². The van der Waals surface area contributed by atoms with E-state index in [2.05, 4.69) is 42.0 Å². The van der Waals surface area contributed by atoms with E-state index in [-0.39, 0.29) is 5.91 Å². The van der Waals surface area contributed by atoms with Gasteiger partial charge in [0.1, 0.15) is 0 Å². The molecule has 2 N–H and O–H groups in total. The molecule has 3 nitrogen and oxygen atoms in total. The maximum atomic E-state index is 11.3. The first-order valence-corrected chi connectivity index (χ1v) is 6.56. The zero-order valence-electron chi connectivity index (χ0n) is 9.95. The molecule has 0 fully saturated rings. The summed E-state index contributed by atoms with van der Waals surface area (Å²) in [7, 11) is 0. The van der Waals surface area contributed by atoms with Gasteiger partial charge in [-0.05, 0) is 23.8 Å². The number of amides is 1. The van der Waals surface area contributed by atoms with E-state index in [1.807, 2.05) is 0 Å². The van der Waals surface area contributed by atoms with Crippen LogP contribution in [0.3, 0.4) is 0 Å². The van der Waals surface area contributed by atoms with Crippen LogP contribution in [0.4, 0.5) is 0 Å². The Morgan fingerprint density at radius 2 is 2.31 bits per heavy atom. The van der Waals surface area contributed by atoms with Gasteiger partial charge in [-0.2, -0.15) is 0 Å². The van der Waals surface area contributed by atoms with Crippen LogP contribution in [0.5, 0.6) is 0 Å². The highest BCUT2D eigenvalue weighted by Gasteiger charge is 2.01. The molecule has 1 aromatic rings. The topological polar surface area (TPSA) is 41.1 Å². The van der Waals surface area contributed by atoms with Crippen molar-refractivity contribution in [2.75, 3.05) is 19.6 Å². The Hall–Kier alpha value is -0.870. The van der Waals surface area contributed by atoms with Crippen LogP contribution < -0.4 is 10.6 Å². The Kier molecular flexibility index (Phi) is 6.11. The van der Waals surface area contributed by atoms with E-state index in [1.165, 1.54) is 4.88 Å². The molecule has 1 heterocycles. The third-order valence-electron chi connectivity index (χ3n) is 2.12. The Labute approximate surface area is 101 Å². The summed E-state index contributed by atoms with van der Waals surface area (Å²) in [6.45, 7) is 6.20. The fraction of sp³-hybridized carbons (Fsp3) is 0.583. The summed E-state index contributed by atoms with van der Waals surface area (Å²) < 4.78 is 0. The van der Waals surface area contributed by atoms with Gasteiger partial charge in [-0.3, -0.25) is 4.79 Å². The predicted octanol–water partition coefficient (Wildman–Crippen LogP) is 1.65. The Morgan fingerprint density at radius 1 is 1.50 bits per heavy atom. The van der Waals surface area contributed by atoms with E-state index in [0.29, 0.717) is 12.5 Å². The van der Waals surface area contributed by atoms with Crippen LogP contribution in [0.1, 0.15) is 18.7 Å². The van der Waals surface area contributed by atoms with Gasteiger partial charge in [0.15, 0.2) is 0 Å². The zero-order valence-corrected chi connectivity index (χ0v) is 10.8. The minimum absolute atomic E-state index is 0.0832. The van der Waals surface area contributed by atoms with E-state index in [4.69, 9.17) is 0 Å². The summed E-state index contributed by atoms with van der Waals surface area (Å²) in [4.78, 5) is 12.7. The molecule has 1 aromatic heterocycles. The highest BCUT2D eigenvalue weighted by molar-refractivity contribution is 7.09. The molecule has 0 bridgehead atoms. The SMILES string of the molecule is CC(C)CNC(=O)CNCCc1cccs1. The molecule has 0 aliphatic heterocycles. The molecule has 90 valence electrons. The fourth-order valence-corrected chi connectivity index (χ4v) is 1.96. The average molecular weight is 240 g/mol. The highest BCUT2D eigenvalue weighted by atomic mass is 32.1. The average Bonchev–Trinajstić information content (AvgIpc) is 2.74. The van der Waals surface area contributed by atoms with Gasteiger partial charge in [-0.25, -0.2) is 0 Å². The largest absolute Gasteiger partial charge is 0.355 e. The third-order valence-corrected chi connectivity index (χ3v) is 3.06. The van der Waals surface area contributed by atoms with Crippen LogP contribution in [0.25, 0.3) is 0 Å². The molecule has 0 aliphatic carbocycles. The molecule has 0 spiro atoms. The van der Waals surface area contributed by atoms with Gasteiger partial charge >= 0.3 is 0 Å². The number of rotatable bonds is 7. The van der Waals surface area contributed by atoms with Crippen molar-refractivity contribution in [1.29, 1.82) is 0 Å². The number of thiophene rings is 1. The van der Waals surface area contributed by atoms with Crippen molar-refractivity contribution >= 4 is 17.2 Å². The molecule has 0 atom stereocenters. The summed E-state index contributed by atoms with van der Waals surface area (Å²) in [5.74, 6) is 0.593. The Bertz CT molecular complexity index is 296. The van der Waals surface area contributed by atoms with Crippen molar-refractivity contribution in [2.45, 2.75) is 20.3 Å². The van der Waals surface area contributed by atoms with Crippen LogP contribution in [0.15, 0.2) is 17.5 Å².